The fourth-order valence-corrected chi connectivity index (χ4v) is 3.22. The SMILES string of the molecule is NC(=O)c1cccc2c1c1ccc(CO)cc1n2Cc1ccco1. The molecule has 0 unspecified atom stereocenters. The lowest BCUT2D eigenvalue weighted by atomic mass is 10.0. The Morgan fingerprint density at radius 1 is 1.12 bits per heavy atom. The van der Waals surface area contributed by atoms with Gasteiger partial charge < -0.3 is 19.8 Å². The molecule has 0 aliphatic rings. The molecule has 4 rings (SSSR count). The summed E-state index contributed by atoms with van der Waals surface area (Å²) in [6.07, 6.45) is 1.64. The lowest BCUT2D eigenvalue weighted by Gasteiger charge is -2.06. The van der Waals surface area contributed by atoms with Crippen molar-refractivity contribution in [2.45, 2.75) is 13.2 Å². The van der Waals surface area contributed by atoms with Gasteiger partial charge >= 0.3 is 0 Å². The first kappa shape index (κ1) is 14.5. The number of hydrogen-bond donors (Lipinski definition) is 2. The van der Waals surface area contributed by atoms with Crippen LogP contribution in [0.4, 0.5) is 0 Å². The van der Waals surface area contributed by atoms with Crippen LogP contribution in [0.2, 0.25) is 0 Å². The molecule has 0 atom stereocenters. The van der Waals surface area contributed by atoms with Crippen molar-refractivity contribution in [1.29, 1.82) is 0 Å². The second-order valence-electron chi connectivity index (χ2n) is 5.74. The predicted octanol–water partition coefficient (Wildman–Crippen LogP) is 3.03. The van der Waals surface area contributed by atoms with Gasteiger partial charge in [-0.1, -0.05) is 18.2 Å². The van der Waals surface area contributed by atoms with Crippen molar-refractivity contribution in [3.8, 4) is 0 Å². The Kier molecular flexibility index (Phi) is 3.36. The summed E-state index contributed by atoms with van der Waals surface area (Å²) in [5.41, 5.74) is 8.71. The molecule has 24 heavy (non-hydrogen) atoms. The third-order valence-electron chi connectivity index (χ3n) is 4.30. The molecule has 0 bridgehead atoms. The molecule has 2 aromatic heterocycles. The average Bonchev–Trinajstić information content (AvgIpc) is 3.21. The topological polar surface area (TPSA) is 81.4 Å². The van der Waals surface area contributed by atoms with E-state index in [0.717, 1.165) is 33.1 Å². The molecule has 2 heterocycles. The molecule has 2 aromatic carbocycles. The van der Waals surface area contributed by atoms with E-state index < -0.39 is 5.91 Å². The number of aromatic nitrogens is 1. The minimum Gasteiger partial charge on any atom is -0.467 e. The van der Waals surface area contributed by atoms with Crippen molar-refractivity contribution >= 4 is 27.7 Å². The van der Waals surface area contributed by atoms with Crippen LogP contribution < -0.4 is 5.73 Å². The first-order valence-electron chi connectivity index (χ1n) is 7.66. The van der Waals surface area contributed by atoms with Crippen LogP contribution in [0.15, 0.2) is 59.2 Å². The molecule has 4 aromatic rings. The minimum absolute atomic E-state index is 0.0408. The summed E-state index contributed by atoms with van der Waals surface area (Å²) in [6, 6.07) is 15.0. The number of rotatable bonds is 4. The Balaban J connectivity index is 2.09. The molecule has 0 radical (unpaired) electrons. The van der Waals surface area contributed by atoms with Gasteiger partial charge in [0.25, 0.3) is 0 Å². The van der Waals surface area contributed by atoms with Crippen molar-refractivity contribution in [1.82, 2.24) is 4.57 Å². The zero-order chi connectivity index (χ0) is 16.7. The van der Waals surface area contributed by atoms with Crippen LogP contribution in [0.5, 0.6) is 0 Å². The summed E-state index contributed by atoms with van der Waals surface area (Å²) in [5.74, 6) is 0.358. The smallest absolute Gasteiger partial charge is 0.249 e. The van der Waals surface area contributed by atoms with Crippen molar-refractivity contribution < 1.29 is 14.3 Å². The highest BCUT2D eigenvalue weighted by Gasteiger charge is 2.17. The van der Waals surface area contributed by atoms with Gasteiger partial charge in [-0.3, -0.25) is 4.79 Å². The van der Waals surface area contributed by atoms with Gasteiger partial charge in [-0.05, 0) is 35.9 Å². The van der Waals surface area contributed by atoms with Crippen molar-refractivity contribution in [3.05, 3.63) is 71.7 Å². The number of aliphatic hydroxyl groups excluding tert-OH is 1. The van der Waals surface area contributed by atoms with E-state index in [2.05, 4.69) is 4.57 Å². The molecule has 1 amide bonds. The van der Waals surface area contributed by atoms with Gasteiger partial charge in [-0.2, -0.15) is 0 Å². The van der Waals surface area contributed by atoms with Gasteiger partial charge in [0.1, 0.15) is 5.76 Å². The predicted molar refractivity (Wildman–Crippen MR) is 91.7 cm³/mol. The third kappa shape index (κ3) is 2.18. The largest absolute Gasteiger partial charge is 0.467 e. The maximum Gasteiger partial charge on any atom is 0.249 e. The Labute approximate surface area is 137 Å². The molecule has 0 saturated heterocycles. The van der Waals surface area contributed by atoms with E-state index in [9.17, 15) is 9.90 Å². The number of furan rings is 1. The molecule has 3 N–H and O–H groups in total. The van der Waals surface area contributed by atoms with Crippen molar-refractivity contribution in [2.24, 2.45) is 5.73 Å². The van der Waals surface area contributed by atoms with E-state index in [-0.39, 0.29) is 6.61 Å². The maximum atomic E-state index is 11.9. The zero-order valence-corrected chi connectivity index (χ0v) is 12.9. The highest BCUT2D eigenvalue weighted by molar-refractivity contribution is 6.17. The maximum absolute atomic E-state index is 11.9. The summed E-state index contributed by atoms with van der Waals surface area (Å²) in [5, 5.41) is 11.2. The summed E-state index contributed by atoms with van der Waals surface area (Å²) < 4.78 is 7.56. The van der Waals surface area contributed by atoms with E-state index in [4.69, 9.17) is 10.2 Å². The Morgan fingerprint density at radius 3 is 2.71 bits per heavy atom. The monoisotopic (exact) mass is 320 g/mol. The summed E-state index contributed by atoms with van der Waals surface area (Å²) in [6.45, 7) is 0.491. The molecule has 0 spiro atoms. The fraction of sp³-hybridized carbons (Fsp3) is 0.105. The van der Waals surface area contributed by atoms with Crippen molar-refractivity contribution in [3.63, 3.8) is 0 Å². The number of carbonyl (C=O) groups excluding carboxylic acids is 1. The first-order chi connectivity index (χ1) is 11.7. The second kappa shape index (κ2) is 5.54. The quantitative estimate of drug-likeness (QED) is 0.606. The first-order valence-corrected chi connectivity index (χ1v) is 7.66. The molecule has 0 aliphatic carbocycles. The number of primary amides is 1. The molecule has 5 heteroatoms. The van der Waals surface area contributed by atoms with Gasteiger partial charge in [0, 0.05) is 21.9 Å². The highest BCUT2D eigenvalue weighted by atomic mass is 16.3. The van der Waals surface area contributed by atoms with E-state index in [0.29, 0.717) is 12.1 Å². The lowest BCUT2D eigenvalue weighted by molar-refractivity contribution is 0.100. The van der Waals surface area contributed by atoms with Crippen molar-refractivity contribution in [2.75, 3.05) is 0 Å². The van der Waals surface area contributed by atoms with Crippen LogP contribution in [-0.2, 0) is 13.2 Å². The number of nitrogens with two attached hydrogens (primary N) is 1. The van der Waals surface area contributed by atoms with Crippen LogP contribution in [0.3, 0.4) is 0 Å². The van der Waals surface area contributed by atoms with Gasteiger partial charge in [0.05, 0.1) is 24.9 Å². The van der Waals surface area contributed by atoms with Crippen LogP contribution >= 0.6 is 0 Å². The number of amides is 1. The van der Waals surface area contributed by atoms with Gasteiger partial charge in [0.2, 0.25) is 5.91 Å². The standard InChI is InChI=1S/C19H16N2O3/c20-19(23)15-4-1-5-16-18(15)14-7-6-12(11-22)9-17(14)21(16)10-13-3-2-8-24-13/h1-9,22H,10-11H2,(H2,20,23). The molecule has 0 saturated carbocycles. The highest BCUT2D eigenvalue weighted by Crippen LogP contribution is 2.33. The van der Waals surface area contributed by atoms with Gasteiger partial charge in [-0.25, -0.2) is 0 Å². The lowest BCUT2D eigenvalue weighted by Crippen LogP contribution is -2.11. The van der Waals surface area contributed by atoms with E-state index in [1.807, 2.05) is 42.5 Å². The molecule has 120 valence electrons. The van der Waals surface area contributed by atoms with Gasteiger partial charge in [-0.15, -0.1) is 0 Å². The van der Waals surface area contributed by atoms with E-state index in [1.165, 1.54) is 0 Å². The number of nitrogens with zero attached hydrogens (tertiary/aromatic N) is 1. The number of hydrogen-bond acceptors (Lipinski definition) is 3. The molecule has 5 nitrogen and oxygen atoms in total. The van der Waals surface area contributed by atoms with Gasteiger partial charge in [0.15, 0.2) is 0 Å². The van der Waals surface area contributed by atoms with Crippen LogP contribution in [-0.4, -0.2) is 15.6 Å². The van der Waals surface area contributed by atoms with E-state index >= 15 is 0 Å². The molecule has 0 fully saturated rings. The Morgan fingerprint density at radius 2 is 2.00 bits per heavy atom. The van der Waals surface area contributed by atoms with Crippen LogP contribution in [0, 0.1) is 0 Å². The number of carbonyl (C=O) groups is 1. The fourth-order valence-electron chi connectivity index (χ4n) is 3.22. The van der Waals surface area contributed by atoms with Crippen LogP contribution in [0.25, 0.3) is 21.8 Å². The normalized spacial score (nSPS) is 11.4. The van der Waals surface area contributed by atoms with E-state index in [1.54, 1.807) is 12.3 Å². The second-order valence-corrected chi connectivity index (χ2v) is 5.74. The van der Waals surface area contributed by atoms with Crippen LogP contribution in [0.1, 0.15) is 21.7 Å². The number of aliphatic hydroxyl groups is 1. The third-order valence-corrected chi connectivity index (χ3v) is 4.30. The molecule has 0 aliphatic heterocycles. The summed E-state index contributed by atoms with van der Waals surface area (Å²) in [7, 11) is 0. The molecular formula is C19H16N2O3. The Bertz CT molecular complexity index is 1050. The number of fused-ring (bicyclic) bond motifs is 3. The zero-order valence-electron chi connectivity index (χ0n) is 12.9. The average molecular weight is 320 g/mol. The summed E-state index contributed by atoms with van der Waals surface area (Å²) in [4.78, 5) is 11.9. The summed E-state index contributed by atoms with van der Waals surface area (Å²) >= 11 is 0. The number of benzene rings is 2. The Hall–Kier alpha value is -3.05. The molecular weight excluding hydrogens is 304 g/mol. The minimum atomic E-state index is -0.455.